The third kappa shape index (κ3) is 2.97. The van der Waals surface area contributed by atoms with Gasteiger partial charge in [-0.15, -0.1) is 0 Å². The molecule has 0 unspecified atom stereocenters. The number of piperidine rings is 1. The highest BCUT2D eigenvalue weighted by Gasteiger charge is 2.45. The van der Waals surface area contributed by atoms with Crippen LogP contribution in [0.2, 0.25) is 0 Å². The van der Waals surface area contributed by atoms with Crippen molar-refractivity contribution in [1.82, 2.24) is 19.3 Å². The van der Waals surface area contributed by atoms with Crippen molar-refractivity contribution in [2.24, 2.45) is 0 Å². The number of H-pyrrole nitrogens is 1. The smallest absolute Gasteiger partial charge is 0.218 e. The second-order valence-corrected chi connectivity index (χ2v) is 9.47. The number of anilines is 1. The number of sulfonamides is 1. The summed E-state index contributed by atoms with van der Waals surface area (Å²) in [5, 5.41) is 0.993. The van der Waals surface area contributed by atoms with E-state index in [1.165, 1.54) is 0 Å². The van der Waals surface area contributed by atoms with E-state index in [-0.39, 0.29) is 17.8 Å². The number of hydrogen-bond acceptors (Lipinski definition) is 5. The minimum atomic E-state index is -3.36. The molecule has 0 saturated carbocycles. The summed E-state index contributed by atoms with van der Waals surface area (Å²) in [6.45, 7) is 1.41. The number of nitrogens with zero attached hydrogens (tertiary/aromatic N) is 4. The SMILES string of the molecule is O=S(=O)(Cc1ccccc1)N1CCC[C@@H]2[C@H]1CCN2c1ncnc2[nH]ccc12. The van der Waals surface area contributed by atoms with Gasteiger partial charge >= 0.3 is 0 Å². The normalized spacial score (nSPS) is 23.2. The predicted molar refractivity (Wildman–Crippen MR) is 108 cm³/mol. The first-order valence-electron chi connectivity index (χ1n) is 9.72. The van der Waals surface area contributed by atoms with Gasteiger partial charge in [0.1, 0.15) is 17.8 Å². The molecule has 146 valence electrons. The van der Waals surface area contributed by atoms with E-state index in [1.807, 2.05) is 42.6 Å². The van der Waals surface area contributed by atoms with Gasteiger partial charge in [-0.3, -0.25) is 0 Å². The van der Waals surface area contributed by atoms with Gasteiger partial charge in [-0.1, -0.05) is 30.3 Å². The molecule has 2 saturated heterocycles. The van der Waals surface area contributed by atoms with Gasteiger partial charge in [0.15, 0.2) is 0 Å². The Morgan fingerprint density at radius 3 is 2.75 bits per heavy atom. The number of nitrogens with one attached hydrogen (secondary N) is 1. The van der Waals surface area contributed by atoms with Crippen LogP contribution in [0.4, 0.5) is 5.82 Å². The molecule has 1 N–H and O–H groups in total. The Balaban J connectivity index is 1.43. The van der Waals surface area contributed by atoms with E-state index in [9.17, 15) is 8.42 Å². The van der Waals surface area contributed by atoms with Gasteiger partial charge in [-0.25, -0.2) is 18.4 Å². The Hall–Kier alpha value is -2.45. The van der Waals surface area contributed by atoms with Crippen molar-refractivity contribution in [3.63, 3.8) is 0 Å². The summed E-state index contributed by atoms with van der Waals surface area (Å²) in [7, 11) is -3.36. The lowest BCUT2D eigenvalue weighted by atomic mass is 9.99. The molecule has 0 bridgehead atoms. The molecule has 2 atom stereocenters. The zero-order chi connectivity index (χ0) is 19.1. The molecule has 1 aromatic carbocycles. The number of fused-ring (bicyclic) bond motifs is 2. The number of benzene rings is 1. The molecule has 5 rings (SSSR count). The lowest BCUT2D eigenvalue weighted by Gasteiger charge is -2.39. The Labute approximate surface area is 164 Å². The van der Waals surface area contributed by atoms with Gasteiger partial charge in [0.2, 0.25) is 10.0 Å². The van der Waals surface area contributed by atoms with Crippen LogP contribution in [0, 0.1) is 0 Å². The fourth-order valence-corrected chi connectivity index (χ4v) is 6.55. The highest BCUT2D eigenvalue weighted by atomic mass is 32.2. The Kier molecular flexibility index (Phi) is 4.32. The second-order valence-electron chi connectivity index (χ2n) is 7.55. The lowest BCUT2D eigenvalue weighted by Crippen LogP contribution is -2.52. The molecule has 0 radical (unpaired) electrons. The van der Waals surface area contributed by atoms with Crippen LogP contribution in [-0.4, -0.2) is 52.8 Å². The fourth-order valence-electron chi connectivity index (χ4n) is 4.71. The molecule has 2 aliphatic rings. The van der Waals surface area contributed by atoms with Crippen LogP contribution in [0.25, 0.3) is 11.0 Å². The van der Waals surface area contributed by atoms with Crippen LogP contribution in [0.1, 0.15) is 24.8 Å². The van der Waals surface area contributed by atoms with Crippen molar-refractivity contribution in [3.8, 4) is 0 Å². The highest BCUT2D eigenvalue weighted by molar-refractivity contribution is 7.88. The average molecular weight is 398 g/mol. The van der Waals surface area contributed by atoms with E-state index in [1.54, 1.807) is 10.6 Å². The first-order chi connectivity index (χ1) is 13.6. The van der Waals surface area contributed by atoms with Crippen molar-refractivity contribution >= 4 is 26.9 Å². The maximum atomic E-state index is 13.2. The third-order valence-electron chi connectivity index (χ3n) is 5.91. The van der Waals surface area contributed by atoms with E-state index >= 15 is 0 Å². The second kappa shape index (κ2) is 6.86. The summed E-state index contributed by atoms with van der Waals surface area (Å²) in [6.07, 6.45) is 6.13. The standard InChI is InChI=1S/C20H23N5O2S/c26-28(27,13-15-5-2-1-3-6-15)25-11-4-7-17-18(25)9-12-24(17)20-16-8-10-21-19(16)22-14-23-20/h1-3,5-6,8,10,14,17-18H,4,7,9,11-13H2,(H,21,22,23)/t17-,18-/m1/s1. The summed E-state index contributed by atoms with van der Waals surface area (Å²) in [4.78, 5) is 14.2. The van der Waals surface area contributed by atoms with Crippen LogP contribution in [0.5, 0.6) is 0 Å². The van der Waals surface area contributed by atoms with Crippen LogP contribution >= 0.6 is 0 Å². The van der Waals surface area contributed by atoms with Gasteiger partial charge < -0.3 is 9.88 Å². The first-order valence-corrected chi connectivity index (χ1v) is 11.3. The van der Waals surface area contributed by atoms with Gasteiger partial charge in [-0.2, -0.15) is 4.31 Å². The van der Waals surface area contributed by atoms with Crippen molar-refractivity contribution in [1.29, 1.82) is 0 Å². The zero-order valence-corrected chi connectivity index (χ0v) is 16.3. The molecule has 0 aliphatic carbocycles. The average Bonchev–Trinajstić information content (AvgIpc) is 3.35. The molecule has 2 aromatic heterocycles. The van der Waals surface area contributed by atoms with Crippen LogP contribution < -0.4 is 4.90 Å². The molecule has 7 nitrogen and oxygen atoms in total. The maximum Gasteiger partial charge on any atom is 0.218 e. The molecule has 0 spiro atoms. The van der Waals surface area contributed by atoms with E-state index in [4.69, 9.17) is 0 Å². The molecule has 0 amide bonds. The summed E-state index contributed by atoms with van der Waals surface area (Å²) in [6, 6.07) is 11.6. The number of aromatic amines is 1. The van der Waals surface area contributed by atoms with Gasteiger partial charge in [-0.05, 0) is 30.9 Å². The summed E-state index contributed by atoms with van der Waals surface area (Å²) >= 11 is 0. The minimum absolute atomic E-state index is 0.00594. The first kappa shape index (κ1) is 17.6. The van der Waals surface area contributed by atoms with Crippen LogP contribution in [-0.2, 0) is 15.8 Å². The van der Waals surface area contributed by atoms with Gasteiger partial charge in [0, 0.05) is 31.4 Å². The van der Waals surface area contributed by atoms with Gasteiger partial charge in [0.25, 0.3) is 0 Å². The summed E-state index contributed by atoms with van der Waals surface area (Å²) < 4.78 is 28.1. The van der Waals surface area contributed by atoms with Crippen LogP contribution in [0.3, 0.4) is 0 Å². The van der Waals surface area contributed by atoms with Crippen molar-refractivity contribution in [2.45, 2.75) is 37.1 Å². The molecule has 28 heavy (non-hydrogen) atoms. The van der Waals surface area contributed by atoms with E-state index in [0.29, 0.717) is 6.54 Å². The van der Waals surface area contributed by atoms with Crippen molar-refractivity contribution in [2.75, 3.05) is 18.0 Å². The zero-order valence-electron chi connectivity index (χ0n) is 15.5. The van der Waals surface area contributed by atoms with Gasteiger partial charge in [0.05, 0.1) is 11.1 Å². The Bertz CT molecular complexity index is 1080. The highest BCUT2D eigenvalue weighted by Crippen LogP contribution is 2.37. The maximum absolute atomic E-state index is 13.2. The monoisotopic (exact) mass is 397 g/mol. The Morgan fingerprint density at radius 1 is 1.04 bits per heavy atom. The Morgan fingerprint density at radius 2 is 1.89 bits per heavy atom. The molecular weight excluding hydrogens is 374 g/mol. The molecule has 2 fully saturated rings. The van der Waals surface area contributed by atoms with E-state index in [0.717, 1.165) is 48.2 Å². The summed E-state index contributed by atoms with van der Waals surface area (Å²) in [5.41, 5.74) is 1.65. The number of rotatable bonds is 4. The molecule has 8 heteroatoms. The summed E-state index contributed by atoms with van der Waals surface area (Å²) in [5.74, 6) is 0.966. The van der Waals surface area contributed by atoms with Crippen LogP contribution in [0.15, 0.2) is 48.9 Å². The lowest BCUT2D eigenvalue weighted by molar-refractivity contribution is 0.243. The molecule has 3 aromatic rings. The minimum Gasteiger partial charge on any atom is -0.351 e. The third-order valence-corrected chi connectivity index (χ3v) is 7.78. The van der Waals surface area contributed by atoms with Crippen molar-refractivity contribution < 1.29 is 8.42 Å². The molecular formula is C20H23N5O2S. The quantitative estimate of drug-likeness (QED) is 0.732. The van der Waals surface area contributed by atoms with E-state index in [2.05, 4.69) is 19.9 Å². The molecule has 4 heterocycles. The number of aromatic nitrogens is 3. The predicted octanol–water partition coefficient (Wildman–Crippen LogP) is 2.53. The molecule has 2 aliphatic heterocycles. The number of hydrogen-bond donors (Lipinski definition) is 1. The largest absolute Gasteiger partial charge is 0.351 e. The van der Waals surface area contributed by atoms with E-state index < -0.39 is 10.0 Å². The van der Waals surface area contributed by atoms with Crippen molar-refractivity contribution in [3.05, 3.63) is 54.5 Å². The fraction of sp³-hybridized carbons (Fsp3) is 0.400. The topological polar surface area (TPSA) is 82.2 Å².